The van der Waals surface area contributed by atoms with Crippen molar-refractivity contribution in [1.29, 1.82) is 0 Å². The Morgan fingerprint density at radius 2 is 2.20 bits per heavy atom. The fourth-order valence-electron chi connectivity index (χ4n) is 2.11. The summed E-state index contributed by atoms with van der Waals surface area (Å²) in [4.78, 5) is 0. The van der Waals surface area contributed by atoms with Crippen LogP contribution in [0.4, 0.5) is 0 Å². The molecule has 0 saturated heterocycles. The number of nitrogens with zero attached hydrogens (tertiary/aromatic N) is 1. The molecule has 0 unspecified atom stereocenters. The lowest BCUT2D eigenvalue weighted by Crippen LogP contribution is -2.35. The van der Waals surface area contributed by atoms with Gasteiger partial charge in [-0.2, -0.15) is 4.31 Å². The first-order valence-electron chi connectivity index (χ1n) is 6.86. The zero-order valence-corrected chi connectivity index (χ0v) is 13.9. The third-order valence-electron chi connectivity index (χ3n) is 3.24. The molecule has 0 aliphatic carbocycles. The van der Waals surface area contributed by atoms with Crippen molar-refractivity contribution >= 4 is 21.4 Å². The van der Waals surface area contributed by atoms with Crippen molar-refractivity contribution in [3.8, 4) is 0 Å². The molecule has 0 radical (unpaired) electrons. The lowest BCUT2D eigenvalue weighted by Gasteiger charge is -2.24. The highest BCUT2D eigenvalue weighted by molar-refractivity contribution is 7.91. The van der Waals surface area contributed by atoms with Crippen LogP contribution in [0.2, 0.25) is 0 Å². The minimum absolute atomic E-state index is 0.393. The number of sulfonamides is 1. The Balaban J connectivity index is 2.12. The van der Waals surface area contributed by atoms with Gasteiger partial charge in [0.25, 0.3) is 10.0 Å². The van der Waals surface area contributed by atoms with Crippen molar-refractivity contribution in [3.63, 3.8) is 0 Å². The molecule has 0 bridgehead atoms. The molecule has 0 fully saturated rings. The zero-order valence-electron chi connectivity index (χ0n) is 12.2. The molecule has 1 aliphatic rings. The maximum absolute atomic E-state index is 12.6. The Bertz CT molecular complexity index is 588. The average molecular weight is 314 g/mol. The quantitative estimate of drug-likeness (QED) is 0.850. The Kier molecular flexibility index (Phi) is 5.01. The van der Waals surface area contributed by atoms with E-state index in [-0.39, 0.29) is 0 Å². The van der Waals surface area contributed by atoms with Gasteiger partial charge >= 0.3 is 0 Å². The van der Waals surface area contributed by atoms with Crippen LogP contribution in [0.25, 0.3) is 0 Å². The first-order valence-corrected chi connectivity index (χ1v) is 9.18. The van der Waals surface area contributed by atoms with Gasteiger partial charge in [0, 0.05) is 25.7 Å². The molecule has 112 valence electrons. The molecule has 1 aromatic heterocycles. The van der Waals surface area contributed by atoms with Crippen LogP contribution in [0.3, 0.4) is 0 Å². The molecule has 0 spiro atoms. The zero-order chi connectivity index (χ0) is 14.8. The highest BCUT2D eigenvalue weighted by Crippen LogP contribution is 2.26. The molecule has 0 atom stereocenters. The summed E-state index contributed by atoms with van der Waals surface area (Å²) in [6, 6.07) is 2.19. The molecule has 0 aromatic carbocycles. The van der Waals surface area contributed by atoms with Gasteiger partial charge < -0.3 is 5.32 Å². The fraction of sp³-hybridized carbons (Fsp3) is 0.571. The number of hydrogen-bond donors (Lipinski definition) is 1. The third-order valence-corrected chi connectivity index (χ3v) is 6.54. The number of thiophene rings is 1. The summed E-state index contributed by atoms with van der Waals surface area (Å²) in [5.74, 6) is 0. The van der Waals surface area contributed by atoms with Crippen LogP contribution in [0, 0.1) is 0 Å². The minimum atomic E-state index is -3.33. The van der Waals surface area contributed by atoms with Gasteiger partial charge in [-0.1, -0.05) is 25.5 Å². The first-order chi connectivity index (χ1) is 9.39. The van der Waals surface area contributed by atoms with Crippen LogP contribution >= 0.6 is 11.3 Å². The molecule has 0 amide bonds. The molecular weight excluding hydrogens is 292 g/mol. The molecule has 20 heavy (non-hydrogen) atoms. The van der Waals surface area contributed by atoms with Crippen LogP contribution in [0.1, 0.15) is 32.8 Å². The van der Waals surface area contributed by atoms with Crippen molar-refractivity contribution in [1.82, 2.24) is 9.62 Å². The molecule has 2 rings (SSSR count). The van der Waals surface area contributed by atoms with E-state index < -0.39 is 10.0 Å². The van der Waals surface area contributed by atoms with Crippen LogP contribution in [-0.4, -0.2) is 31.9 Å². The lowest BCUT2D eigenvalue weighted by molar-refractivity contribution is 0.429. The molecule has 0 saturated carbocycles. The summed E-state index contributed by atoms with van der Waals surface area (Å²) < 4.78 is 27.2. The Morgan fingerprint density at radius 3 is 2.85 bits per heavy atom. The van der Waals surface area contributed by atoms with Gasteiger partial charge in [-0.05, 0) is 30.4 Å². The Hall–Kier alpha value is -0.690. The molecule has 1 aromatic rings. The molecule has 1 aliphatic heterocycles. The first kappa shape index (κ1) is 15.7. The van der Waals surface area contributed by atoms with Gasteiger partial charge in [0.05, 0.1) is 0 Å². The van der Waals surface area contributed by atoms with Crippen molar-refractivity contribution < 1.29 is 8.42 Å². The van der Waals surface area contributed by atoms with Gasteiger partial charge in [0.2, 0.25) is 0 Å². The van der Waals surface area contributed by atoms with E-state index in [2.05, 4.69) is 25.2 Å². The molecule has 6 heteroatoms. The highest BCUT2D eigenvalue weighted by Gasteiger charge is 2.27. The van der Waals surface area contributed by atoms with E-state index in [0.29, 0.717) is 29.9 Å². The van der Waals surface area contributed by atoms with Crippen molar-refractivity contribution in [2.24, 2.45) is 0 Å². The summed E-state index contributed by atoms with van der Waals surface area (Å²) in [5.41, 5.74) is 2.16. The third kappa shape index (κ3) is 3.69. The lowest BCUT2D eigenvalue weighted by atomic mass is 10.2. The van der Waals surface area contributed by atoms with Crippen molar-refractivity contribution in [2.75, 3.05) is 13.1 Å². The topological polar surface area (TPSA) is 49.4 Å². The highest BCUT2D eigenvalue weighted by atomic mass is 32.2. The Labute approximate surface area is 125 Å². The second kappa shape index (κ2) is 6.39. The van der Waals surface area contributed by atoms with E-state index in [1.807, 2.05) is 12.3 Å². The van der Waals surface area contributed by atoms with Gasteiger partial charge in [-0.15, -0.1) is 11.3 Å². The van der Waals surface area contributed by atoms with Gasteiger partial charge in [0.1, 0.15) is 4.21 Å². The monoisotopic (exact) mass is 314 g/mol. The predicted octanol–water partition coefficient (Wildman–Crippen LogP) is 2.59. The van der Waals surface area contributed by atoms with E-state index in [0.717, 1.165) is 17.6 Å². The van der Waals surface area contributed by atoms with E-state index >= 15 is 0 Å². The van der Waals surface area contributed by atoms with E-state index in [4.69, 9.17) is 0 Å². The standard InChI is InChI=1S/C14H22N2O2S2/c1-11(2)15-8-13-7-14(19-10-13)20(17,18)16-6-4-5-12(3)9-16/h5,7,10-11,15H,4,6,8-9H2,1-3H3. The van der Waals surface area contributed by atoms with Crippen molar-refractivity contribution in [2.45, 2.75) is 44.0 Å². The second-order valence-corrected chi connectivity index (χ2v) is 8.56. The summed E-state index contributed by atoms with van der Waals surface area (Å²) >= 11 is 1.31. The average Bonchev–Trinajstić information content (AvgIpc) is 2.86. The minimum Gasteiger partial charge on any atom is -0.310 e. The molecule has 1 N–H and O–H groups in total. The van der Waals surface area contributed by atoms with Crippen LogP contribution in [0.5, 0.6) is 0 Å². The summed E-state index contributed by atoms with van der Waals surface area (Å²) in [6.45, 7) is 7.94. The van der Waals surface area contributed by atoms with E-state index in [9.17, 15) is 8.42 Å². The maximum atomic E-state index is 12.6. The van der Waals surface area contributed by atoms with Gasteiger partial charge in [-0.25, -0.2) is 8.42 Å². The Morgan fingerprint density at radius 1 is 1.45 bits per heavy atom. The van der Waals surface area contributed by atoms with E-state index in [1.165, 1.54) is 11.3 Å². The summed E-state index contributed by atoms with van der Waals surface area (Å²) in [6.07, 6.45) is 2.91. The predicted molar refractivity (Wildman–Crippen MR) is 83.4 cm³/mol. The smallest absolute Gasteiger partial charge is 0.252 e. The summed E-state index contributed by atoms with van der Waals surface area (Å²) in [7, 11) is -3.33. The molecule has 4 nitrogen and oxygen atoms in total. The van der Waals surface area contributed by atoms with Crippen LogP contribution < -0.4 is 5.32 Å². The summed E-state index contributed by atoms with van der Waals surface area (Å²) in [5, 5.41) is 5.23. The fourth-order valence-corrected chi connectivity index (χ4v) is 4.97. The molecule has 2 heterocycles. The molecular formula is C14H22N2O2S2. The van der Waals surface area contributed by atoms with Crippen LogP contribution in [0.15, 0.2) is 27.3 Å². The van der Waals surface area contributed by atoms with Gasteiger partial charge in [-0.3, -0.25) is 0 Å². The van der Waals surface area contributed by atoms with Crippen LogP contribution in [-0.2, 0) is 16.6 Å². The van der Waals surface area contributed by atoms with E-state index in [1.54, 1.807) is 10.4 Å². The van der Waals surface area contributed by atoms with Gasteiger partial charge in [0.15, 0.2) is 0 Å². The second-order valence-electron chi connectivity index (χ2n) is 5.49. The normalized spacial score (nSPS) is 17.5. The number of nitrogens with one attached hydrogen (secondary N) is 1. The maximum Gasteiger partial charge on any atom is 0.252 e. The largest absolute Gasteiger partial charge is 0.310 e. The SMILES string of the molecule is CC1=CCCN(S(=O)(=O)c2cc(CNC(C)C)cs2)C1. The van der Waals surface area contributed by atoms with Crippen molar-refractivity contribution in [3.05, 3.63) is 28.7 Å². The number of hydrogen-bond acceptors (Lipinski definition) is 4. The number of rotatable bonds is 5.